The fourth-order valence-electron chi connectivity index (χ4n) is 1.45. The van der Waals surface area contributed by atoms with Crippen LogP contribution in [0.15, 0.2) is 0 Å². The summed E-state index contributed by atoms with van der Waals surface area (Å²) in [5.41, 5.74) is 0. The molecule has 1 aliphatic rings. The van der Waals surface area contributed by atoms with Gasteiger partial charge in [0.2, 0.25) is 5.91 Å². The van der Waals surface area contributed by atoms with Crippen LogP contribution in [0.1, 0.15) is 27.2 Å². The van der Waals surface area contributed by atoms with Gasteiger partial charge < -0.3 is 10.1 Å². The molecule has 0 radical (unpaired) electrons. The first-order valence-corrected chi connectivity index (χ1v) is 5.52. The summed E-state index contributed by atoms with van der Waals surface area (Å²) in [5.74, 6) is 0.280. The van der Waals surface area contributed by atoms with Crippen LogP contribution in [0, 0.1) is 5.92 Å². The molecule has 4 atom stereocenters. The zero-order valence-electron chi connectivity index (χ0n) is 8.92. The van der Waals surface area contributed by atoms with Crippen molar-refractivity contribution >= 4 is 17.5 Å². The third kappa shape index (κ3) is 2.85. The number of amides is 1. The van der Waals surface area contributed by atoms with Crippen LogP contribution in [-0.4, -0.2) is 30.0 Å². The molecule has 0 spiro atoms. The molecular formula is C10H18ClNO2. The van der Waals surface area contributed by atoms with E-state index < -0.39 is 0 Å². The summed E-state index contributed by atoms with van der Waals surface area (Å²) in [6.45, 7) is 6.48. The van der Waals surface area contributed by atoms with Crippen LogP contribution in [0.2, 0.25) is 0 Å². The SMILES string of the molecule is CC(Cl)C(C)NC(=O)C1OCCC1C. The minimum atomic E-state index is -0.284. The highest BCUT2D eigenvalue weighted by Crippen LogP contribution is 2.20. The van der Waals surface area contributed by atoms with Crippen LogP contribution in [-0.2, 0) is 9.53 Å². The molecule has 1 fully saturated rings. The third-order valence-electron chi connectivity index (χ3n) is 2.70. The molecule has 0 saturated carbocycles. The van der Waals surface area contributed by atoms with Crippen molar-refractivity contribution in [3.63, 3.8) is 0 Å². The first-order chi connectivity index (χ1) is 6.52. The molecule has 1 amide bonds. The maximum absolute atomic E-state index is 11.7. The van der Waals surface area contributed by atoms with Crippen LogP contribution in [0.4, 0.5) is 0 Å². The number of carbonyl (C=O) groups is 1. The van der Waals surface area contributed by atoms with E-state index in [0.717, 1.165) is 6.42 Å². The maximum atomic E-state index is 11.7. The smallest absolute Gasteiger partial charge is 0.249 e. The first-order valence-electron chi connectivity index (χ1n) is 5.08. The van der Waals surface area contributed by atoms with E-state index in [1.807, 2.05) is 20.8 Å². The summed E-state index contributed by atoms with van der Waals surface area (Å²) in [6.07, 6.45) is 0.677. The molecule has 1 heterocycles. The van der Waals surface area contributed by atoms with Gasteiger partial charge in [-0.2, -0.15) is 0 Å². The van der Waals surface area contributed by atoms with E-state index in [9.17, 15) is 4.79 Å². The Morgan fingerprint density at radius 1 is 1.57 bits per heavy atom. The molecule has 0 aliphatic carbocycles. The Morgan fingerprint density at radius 2 is 2.21 bits per heavy atom. The van der Waals surface area contributed by atoms with E-state index in [4.69, 9.17) is 16.3 Å². The number of ether oxygens (including phenoxy) is 1. The number of hydrogen-bond acceptors (Lipinski definition) is 2. The van der Waals surface area contributed by atoms with Gasteiger partial charge in [0, 0.05) is 12.6 Å². The maximum Gasteiger partial charge on any atom is 0.249 e. The summed E-state index contributed by atoms with van der Waals surface area (Å²) in [4.78, 5) is 11.7. The summed E-state index contributed by atoms with van der Waals surface area (Å²) in [6, 6.07) is -0.0134. The molecule has 0 aromatic carbocycles. The normalized spacial score (nSPS) is 31.1. The molecule has 0 aromatic heterocycles. The highest BCUT2D eigenvalue weighted by Gasteiger charge is 2.31. The Morgan fingerprint density at radius 3 is 2.64 bits per heavy atom. The number of alkyl halides is 1. The first kappa shape index (κ1) is 11.8. The zero-order valence-corrected chi connectivity index (χ0v) is 9.67. The Labute approximate surface area is 90.1 Å². The van der Waals surface area contributed by atoms with E-state index in [-0.39, 0.29) is 23.4 Å². The van der Waals surface area contributed by atoms with Gasteiger partial charge in [0.15, 0.2) is 0 Å². The van der Waals surface area contributed by atoms with E-state index in [0.29, 0.717) is 12.5 Å². The summed E-state index contributed by atoms with van der Waals surface area (Å²) in [5, 5.41) is 2.80. The molecule has 1 rings (SSSR count). The zero-order chi connectivity index (χ0) is 10.7. The Hall–Kier alpha value is -0.280. The quantitative estimate of drug-likeness (QED) is 0.732. The number of halogens is 1. The van der Waals surface area contributed by atoms with E-state index in [1.54, 1.807) is 0 Å². The van der Waals surface area contributed by atoms with E-state index >= 15 is 0 Å². The second-order valence-corrected chi connectivity index (χ2v) is 4.72. The van der Waals surface area contributed by atoms with Crippen LogP contribution in [0.5, 0.6) is 0 Å². The molecule has 14 heavy (non-hydrogen) atoms. The van der Waals surface area contributed by atoms with Gasteiger partial charge in [0.1, 0.15) is 6.10 Å². The van der Waals surface area contributed by atoms with Crippen molar-refractivity contribution < 1.29 is 9.53 Å². The van der Waals surface area contributed by atoms with Crippen molar-refractivity contribution in [1.82, 2.24) is 5.32 Å². The average Bonchev–Trinajstić information content (AvgIpc) is 2.51. The monoisotopic (exact) mass is 219 g/mol. The molecule has 1 N–H and O–H groups in total. The van der Waals surface area contributed by atoms with Crippen LogP contribution >= 0.6 is 11.6 Å². The van der Waals surface area contributed by atoms with Crippen molar-refractivity contribution in [1.29, 1.82) is 0 Å². The highest BCUT2D eigenvalue weighted by atomic mass is 35.5. The van der Waals surface area contributed by atoms with Gasteiger partial charge in [-0.3, -0.25) is 4.79 Å². The highest BCUT2D eigenvalue weighted by molar-refractivity contribution is 6.20. The number of rotatable bonds is 3. The fraction of sp³-hybridized carbons (Fsp3) is 0.900. The van der Waals surface area contributed by atoms with Gasteiger partial charge in [-0.15, -0.1) is 11.6 Å². The fourth-order valence-corrected chi connectivity index (χ4v) is 1.51. The number of hydrogen-bond donors (Lipinski definition) is 1. The Kier molecular flexibility index (Phi) is 4.20. The Bertz CT molecular complexity index is 208. The standard InChI is InChI=1S/C10H18ClNO2/c1-6-4-5-14-9(6)10(13)12-8(3)7(2)11/h6-9H,4-5H2,1-3H3,(H,12,13). The van der Waals surface area contributed by atoms with Gasteiger partial charge >= 0.3 is 0 Å². The van der Waals surface area contributed by atoms with Crippen molar-refractivity contribution in [2.75, 3.05) is 6.61 Å². The largest absolute Gasteiger partial charge is 0.368 e. The molecule has 4 unspecified atom stereocenters. The number of nitrogens with one attached hydrogen (secondary N) is 1. The van der Waals surface area contributed by atoms with Gasteiger partial charge in [-0.25, -0.2) is 0 Å². The van der Waals surface area contributed by atoms with Crippen molar-refractivity contribution in [3.05, 3.63) is 0 Å². The van der Waals surface area contributed by atoms with Gasteiger partial charge in [-0.05, 0) is 26.2 Å². The lowest BCUT2D eigenvalue weighted by molar-refractivity contribution is -0.132. The molecule has 1 aliphatic heterocycles. The summed E-state index contributed by atoms with van der Waals surface area (Å²) >= 11 is 5.86. The topological polar surface area (TPSA) is 38.3 Å². The molecule has 3 nitrogen and oxygen atoms in total. The average molecular weight is 220 g/mol. The predicted octanol–water partition coefficient (Wildman–Crippen LogP) is 1.54. The minimum absolute atomic E-state index is 0.0134. The van der Waals surface area contributed by atoms with Crippen molar-refractivity contribution in [3.8, 4) is 0 Å². The van der Waals surface area contributed by atoms with Gasteiger partial charge in [-0.1, -0.05) is 6.92 Å². The van der Waals surface area contributed by atoms with Crippen molar-refractivity contribution in [2.45, 2.75) is 44.7 Å². The summed E-state index contributed by atoms with van der Waals surface area (Å²) < 4.78 is 5.35. The molecular weight excluding hydrogens is 202 g/mol. The van der Waals surface area contributed by atoms with E-state index in [2.05, 4.69) is 5.32 Å². The number of carbonyl (C=O) groups excluding carboxylic acids is 1. The van der Waals surface area contributed by atoms with E-state index in [1.165, 1.54) is 0 Å². The Balaban J connectivity index is 2.41. The molecule has 0 aromatic rings. The lowest BCUT2D eigenvalue weighted by Gasteiger charge is -2.20. The molecule has 82 valence electrons. The predicted molar refractivity (Wildman–Crippen MR) is 56.4 cm³/mol. The second-order valence-electron chi connectivity index (χ2n) is 4.03. The van der Waals surface area contributed by atoms with Crippen molar-refractivity contribution in [2.24, 2.45) is 5.92 Å². The van der Waals surface area contributed by atoms with Crippen LogP contribution in [0.25, 0.3) is 0 Å². The lowest BCUT2D eigenvalue weighted by atomic mass is 10.0. The molecule has 1 saturated heterocycles. The second kappa shape index (κ2) is 4.99. The van der Waals surface area contributed by atoms with Crippen LogP contribution < -0.4 is 5.32 Å². The minimum Gasteiger partial charge on any atom is -0.368 e. The van der Waals surface area contributed by atoms with Gasteiger partial charge in [0.25, 0.3) is 0 Å². The lowest BCUT2D eigenvalue weighted by Crippen LogP contribution is -2.44. The van der Waals surface area contributed by atoms with Crippen LogP contribution in [0.3, 0.4) is 0 Å². The van der Waals surface area contributed by atoms with Gasteiger partial charge in [0.05, 0.1) is 5.38 Å². The molecule has 0 bridgehead atoms. The third-order valence-corrected chi connectivity index (χ3v) is 3.08. The summed E-state index contributed by atoms with van der Waals surface area (Å²) in [7, 11) is 0. The molecule has 4 heteroatoms.